The molecule has 0 spiro atoms. The molecule has 0 saturated heterocycles. The highest BCUT2D eigenvalue weighted by Crippen LogP contribution is 2.15. The van der Waals surface area contributed by atoms with E-state index in [1.807, 2.05) is 32.0 Å². The molecule has 4 nitrogen and oxygen atoms in total. The quantitative estimate of drug-likeness (QED) is 0.820. The fourth-order valence-corrected chi connectivity index (χ4v) is 2.34. The highest BCUT2D eigenvalue weighted by atomic mass is 79.9. The molecule has 0 bridgehead atoms. The molecule has 0 aliphatic carbocycles. The van der Waals surface area contributed by atoms with Crippen LogP contribution in [0.25, 0.3) is 0 Å². The van der Waals surface area contributed by atoms with Crippen LogP contribution in [0, 0.1) is 13.8 Å². The van der Waals surface area contributed by atoms with Gasteiger partial charge in [-0.3, -0.25) is 20.4 Å². The second kappa shape index (κ2) is 6.54. The van der Waals surface area contributed by atoms with Crippen LogP contribution >= 0.6 is 15.9 Å². The summed E-state index contributed by atoms with van der Waals surface area (Å²) >= 11 is 3.30. The van der Waals surface area contributed by atoms with Crippen molar-refractivity contribution in [2.24, 2.45) is 0 Å². The monoisotopic (exact) mass is 346 g/mol. The zero-order valence-electron chi connectivity index (χ0n) is 11.7. The van der Waals surface area contributed by atoms with Crippen molar-refractivity contribution < 1.29 is 9.59 Å². The number of amides is 2. The van der Waals surface area contributed by atoms with Crippen LogP contribution in [-0.2, 0) is 0 Å². The molecule has 108 valence electrons. The van der Waals surface area contributed by atoms with Gasteiger partial charge in [0.2, 0.25) is 0 Å². The zero-order chi connectivity index (χ0) is 15.4. The topological polar surface area (TPSA) is 58.2 Å². The summed E-state index contributed by atoms with van der Waals surface area (Å²) in [5, 5.41) is 0. The Morgan fingerprint density at radius 2 is 1.52 bits per heavy atom. The third kappa shape index (κ3) is 3.70. The predicted molar refractivity (Wildman–Crippen MR) is 85.0 cm³/mol. The molecule has 0 fully saturated rings. The van der Waals surface area contributed by atoms with Gasteiger partial charge in [-0.05, 0) is 53.5 Å². The van der Waals surface area contributed by atoms with Crippen molar-refractivity contribution in [3.63, 3.8) is 0 Å². The van der Waals surface area contributed by atoms with Crippen LogP contribution in [-0.4, -0.2) is 11.8 Å². The molecule has 2 amide bonds. The average molecular weight is 347 g/mol. The van der Waals surface area contributed by atoms with Gasteiger partial charge in [0.25, 0.3) is 11.8 Å². The SMILES string of the molecule is Cc1ccc(C)c(C(=O)NNC(=O)c2ccccc2Br)c1. The lowest BCUT2D eigenvalue weighted by Crippen LogP contribution is -2.42. The smallest absolute Gasteiger partial charge is 0.267 e. The number of rotatable bonds is 2. The van der Waals surface area contributed by atoms with E-state index in [1.165, 1.54) is 0 Å². The Labute approximate surface area is 131 Å². The molecule has 0 aliphatic heterocycles. The normalized spacial score (nSPS) is 10.0. The summed E-state index contributed by atoms with van der Waals surface area (Å²) in [4.78, 5) is 24.1. The molecule has 0 heterocycles. The van der Waals surface area contributed by atoms with Crippen LogP contribution in [0.1, 0.15) is 31.8 Å². The summed E-state index contributed by atoms with van der Waals surface area (Å²) in [7, 11) is 0. The van der Waals surface area contributed by atoms with Crippen LogP contribution < -0.4 is 10.9 Å². The van der Waals surface area contributed by atoms with Crippen molar-refractivity contribution in [1.82, 2.24) is 10.9 Å². The number of benzene rings is 2. The van der Waals surface area contributed by atoms with Crippen molar-refractivity contribution in [3.8, 4) is 0 Å². The minimum atomic E-state index is -0.374. The van der Waals surface area contributed by atoms with Gasteiger partial charge in [0, 0.05) is 10.0 Å². The molecular weight excluding hydrogens is 332 g/mol. The molecule has 2 aromatic rings. The van der Waals surface area contributed by atoms with Gasteiger partial charge in [0.1, 0.15) is 0 Å². The maximum Gasteiger partial charge on any atom is 0.270 e. The zero-order valence-corrected chi connectivity index (χ0v) is 13.3. The average Bonchev–Trinajstić information content (AvgIpc) is 2.47. The second-order valence-electron chi connectivity index (χ2n) is 4.71. The summed E-state index contributed by atoms with van der Waals surface area (Å²) in [5.74, 6) is -0.710. The number of hydrazine groups is 1. The van der Waals surface area contributed by atoms with E-state index in [0.717, 1.165) is 11.1 Å². The van der Waals surface area contributed by atoms with Crippen molar-refractivity contribution in [3.05, 3.63) is 69.2 Å². The van der Waals surface area contributed by atoms with Crippen LogP contribution in [0.15, 0.2) is 46.9 Å². The number of hydrogen-bond donors (Lipinski definition) is 2. The van der Waals surface area contributed by atoms with E-state index in [0.29, 0.717) is 15.6 Å². The summed E-state index contributed by atoms with van der Waals surface area (Å²) in [6.07, 6.45) is 0. The molecule has 21 heavy (non-hydrogen) atoms. The van der Waals surface area contributed by atoms with Gasteiger partial charge >= 0.3 is 0 Å². The molecule has 0 radical (unpaired) electrons. The third-order valence-corrected chi connectivity index (χ3v) is 3.74. The van der Waals surface area contributed by atoms with Gasteiger partial charge in [0.05, 0.1) is 5.56 Å². The Balaban J connectivity index is 2.06. The number of hydrogen-bond acceptors (Lipinski definition) is 2. The Morgan fingerprint density at radius 3 is 2.19 bits per heavy atom. The summed E-state index contributed by atoms with van der Waals surface area (Å²) in [6, 6.07) is 12.6. The van der Waals surface area contributed by atoms with Crippen molar-refractivity contribution in [1.29, 1.82) is 0 Å². The van der Waals surface area contributed by atoms with E-state index in [2.05, 4.69) is 26.8 Å². The van der Waals surface area contributed by atoms with Gasteiger partial charge in [-0.2, -0.15) is 0 Å². The molecule has 5 heteroatoms. The largest absolute Gasteiger partial charge is 0.270 e. The van der Waals surface area contributed by atoms with E-state index in [4.69, 9.17) is 0 Å². The lowest BCUT2D eigenvalue weighted by Gasteiger charge is -2.10. The number of nitrogens with one attached hydrogen (secondary N) is 2. The molecule has 2 rings (SSSR count). The van der Waals surface area contributed by atoms with Gasteiger partial charge in [-0.25, -0.2) is 0 Å². The second-order valence-corrected chi connectivity index (χ2v) is 5.56. The van der Waals surface area contributed by atoms with Crippen LogP contribution in [0.4, 0.5) is 0 Å². The van der Waals surface area contributed by atoms with E-state index in [-0.39, 0.29) is 11.8 Å². The fraction of sp³-hybridized carbons (Fsp3) is 0.125. The molecule has 0 aromatic heterocycles. The number of halogens is 1. The van der Waals surface area contributed by atoms with Crippen LogP contribution in [0.5, 0.6) is 0 Å². The van der Waals surface area contributed by atoms with Gasteiger partial charge in [-0.15, -0.1) is 0 Å². The lowest BCUT2D eigenvalue weighted by molar-refractivity contribution is 0.0846. The van der Waals surface area contributed by atoms with Gasteiger partial charge < -0.3 is 0 Å². The molecule has 0 aliphatic rings. The molecular formula is C16H15BrN2O2. The van der Waals surface area contributed by atoms with Gasteiger partial charge in [0.15, 0.2) is 0 Å². The van der Waals surface area contributed by atoms with E-state index >= 15 is 0 Å². The minimum absolute atomic E-state index is 0.336. The Bertz CT molecular complexity index is 698. The van der Waals surface area contributed by atoms with Gasteiger partial charge in [-0.1, -0.05) is 29.8 Å². The highest BCUT2D eigenvalue weighted by molar-refractivity contribution is 9.10. The Morgan fingerprint density at radius 1 is 0.905 bits per heavy atom. The van der Waals surface area contributed by atoms with Crippen molar-refractivity contribution in [2.45, 2.75) is 13.8 Å². The first kappa shape index (κ1) is 15.3. The predicted octanol–water partition coefficient (Wildman–Crippen LogP) is 3.14. The van der Waals surface area contributed by atoms with E-state index in [9.17, 15) is 9.59 Å². The molecule has 2 N–H and O–H groups in total. The molecule has 0 atom stereocenters. The maximum atomic E-state index is 12.1. The van der Waals surface area contributed by atoms with Crippen LogP contribution in [0.3, 0.4) is 0 Å². The summed E-state index contributed by atoms with van der Waals surface area (Å²) < 4.78 is 0.670. The molecule has 0 unspecified atom stereocenters. The minimum Gasteiger partial charge on any atom is -0.267 e. The Hall–Kier alpha value is -2.14. The number of carbonyl (C=O) groups is 2. The first-order valence-electron chi connectivity index (χ1n) is 6.41. The highest BCUT2D eigenvalue weighted by Gasteiger charge is 2.12. The molecule has 0 saturated carbocycles. The Kier molecular flexibility index (Phi) is 4.75. The third-order valence-electron chi connectivity index (χ3n) is 3.05. The summed E-state index contributed by atoms with van der Waals surface area (Å²) in [5.41, 5.74) is 7.69. The maximum absolute atomic E-state index is 12.1. The number of aryl methyl sites for hydroxylation is 2. The summed E-state index contributed by atoms with van der Waals surface area (Å²) in [6.45, 7) is 3.76. The fourth-order valence-electron chi connectivity index (χ4n) is 1.87. The van der Waals surface area contributed by atoms with E-state index in [1.54, 1.807) is 24.3 Å². The first-order valence-corrected chi connectivity index (χ1v) is 7.21. The lowest BCUT2D eigenvalue weighted by atomic mass is 10.1. The number of carbonyl (C=O) groups excluding carboxylic acids is 2. The molecule has 2 aromatic carbocycles. The standard InChI is InChI=1S/C16H15BrN2O2/c1-10-7-8-11(2)13(9-10)16(21)19-18-15(20)12-5-3-4-6-14(12)17/h3-9H,1-2H3,(H,18,20)(H,19,21). The van der Waals surface area contributed by atoms with Crippen molar-refractivity contribution in [2.75, 3.05) is 0 Å². The van der Waals surface area contributed by atoms with Crippen LogP contribution in [0.2, 0.25) is 0 Å². The van der Waals surface area contributed by atoms with E-state index < -0.39 is 0 Å². The first-order chi connectivity index (χ1) is 9.99. The van der Waals surface area contributed by atoms with Crippen molar-refractivity contribution >= 4 is 27.7 Å².